The first-order valence-electron chi connectivity index (χ1n) is 7.99. The van der Waals surface area contributed by atoms with Crippen LogP contribution in [0, 0.1) is 5.92 Å². The molecule has 4 heteroatoms. The number of benzene rings is 2. The lowest BCUT2D eigenvalue weighted by Crippen LogP contribution is -2.34. The zero-order chi connectivity index (χ0) is 16.4. The predicted molar refractivity (Wildman–Crippen MR) is 90.9 cm³/mol. The van der Waals surface area contributed by atoms with Gasteiger partial charge in [-0.05, 0) is 30.0 Å². The zero-order valence-electron chi connectivity index (χ0n) is 13.4. The van der Waals surface area contributed by atoms with Gasteiger partial charge < -0.3 is 4.74 Å². The summed E-state index contributed by atoms with van der Waals surface area (Å²) in [5.74, 6) is 0.146. The Hall–Kier alpha value is -1.65. The Morgan fingerprint density at radius 2 is 1.52 bits per heavy atom. The first kappa shape index (κ1) is 16.2. The van der Waals surface area contributed by atoms with E-state index in [1.54, 1.807) is 24.3 Å². The molecule has 0 aromatic heterocycles. The first-order chi connectivity index (χ1) is 11.0. The summed E-state index contributed by atoms with van der Waals surface area (Å²) in [5.41, 5.74) is 1.05. The second-order valence-corrected chi connectivity index (χ2v) is 8.54. The molecule has 2 aromatic rings. The molecule has 0 aliphatic carbocycles. The van der Waals surface area contributed by atoms with E-state index in [4.69, 9.17) is 4.74 Å². The van der Waals surface area contributed by atoms with Crippen LogP contribution in [0.25, 0.3) is 0 Å². The molecule has 0 spiro atoms. The van der Waals surface area contributed by atoms with Crippen LogP contribution in [0.15, 0.2) is 65.6 Å². The lowest BCUT2D eigenvalue weighted by Gasteiger charge is -2.22. The minimum Gasteiger partial charge on any atom is -0.369 e. The summed E-state index contributed by atoms with van der Waals surface area (Å²) in [4.78, 5) is 0.382. The van der Waals surface area contributed by atoms with Crippen molar-refractivity contribution >= 4 is 9.84 Å². The van der Waals surface area contributed by atoms with Gasteiger partial charge in [-0.3, -0.25) is 0 Å². The van der Waals surface area contributed by atoms with Crippen LogP contribution in [0.2, 0.25) is 0 Å². The van der Waals surface area contributed by atoms with Crippen molar-refractivity contribution in [1.82, 2.24) is 0 Å². The summed E-state index contributed by atoms with van der Waals surface area (Å²) in [6.07, 6.45) is 0.0573. The SMILES string of the molecule is CC(C)[C@H]1O[C@@H](c2ccccc2)C[C@@H]1S(=O)(=O)c1ccccc1. The number of rotatable bonds is 4. The summed E-state index contributed by atoms with van der Waals surface area (Å²) in [6.45, 7) is 4.04. The van der Waals surface area contributed by atoms with E-state index < -0.39 is 15.1 Å². The number of hydrogen-bond donors (Lipinski definition) is 0. The van der Waals surface area contributed by atoms with E-state index in [1.807, 2.05) is 50.2 Å². The minimum atomic E-state index is -3.40. The van der Waals surface area contributed by atoms with Crippen molar-refractivity contribution < 1.29 is 13.2 Å². The topological polar surface area (TPSA) is 43.4 Å². The molecule has 2 aromatic carbocycles. The highest BCUT2D eigenvalue weighted by Gasteiger charge is 2.45. The normalized spacial score (nSPS) is 24.9. The molecule has 3 rings (SSSR count). The van der Waals surface area contributed by atoms with Gasteiger partial charge in [0.05, 0.1) is 22.4 Å². The highest BCUT2D eigenvalue weighted by atomic mass is 32.2. The largest absolute Gasteiger partial charge is 0.369 e. The molecule has 0 amide bonds. The van der Waals surface area contributed by atoms with Gasteiger partial charge in [-0.2, -0.15) is 0 Å². The molecule has 23 heavy (non-hydrogen) atoms. The monoisotopic (exact) mass is 330 g/mol. The van der Waals surface area contributed by atoms with Gasteiger partial charge in [0.15, 0.2) is 9.84 Å². The van der Waals surface area contributed by atoms with Gasteiger partial charge >= 0.3 is 0 Å². The van der Waals surface area contributed by atoms with Crippen molar-refractivity contribution in [2.45, 2.75) is 42.6 Å². The molecular formula is C19H22O3S. The molecule has 1 aliphatic heterocycles. The van der Waals surface area contributed by atoms with Crippen molar-refractivity contribution in [3.63, 3.8) is 0 Å². The van der Waals surface area contributed by atoms with Gasteiger partial charge in [0, 0.05) is 0 Å². The van der Waals surface area contributed by atoms with E-state index in [0.29, 0.717) is 11.3 Å². The maximum atomic E-state index is 13.0. The van der Waals surface area contributed by atoms with Crippen molar-refractivity contribution in [2.24, 2.45) is 5.92 Å². The minimum absolute atomic E-state index is 0.146. The molecular weight excluding hydrogens is 308 g/mol. The Bertz CT molecular complexity index is 739. The first-order valence-corrected chi connectivity index (χ1v) is 9.54. The van der Waals surface area contributed by atoms with Crippen LogP contribution in [0.3, 0.4) is 0 Å². The fourth-order valence-corrected chi connectivity index (χ4v) is 5.28. The third-order valence-corrected chi connectivity index (χ3v) is 6.62. The fraction of sp³-hybridized carbons (Fsp3) is 0.368. The van der Waals surface area contributed by atoms with Crippen LogP contribution in [-0.4, -0.2) is 19.8 Å². The lowest BCUT2D eigenvalue weighted by atomic mass is 10.0. The highest BCUT2D eigenvalue weighted by molar-refractivity contribution is 7.92. The van der Waals surface area contributed by atoms with E-state index in [0.717, 1.165) is 5.56 Å². The lowest BCUT2D eigenvalue weighted by molar-refractivity contribution is 0.0196. The van der Waals surface area contributed by atoms with Crippen molar-refractivity contribution in [1.29, 1.82) is 0 Å². The summed E-state index contributed by atoms with van der Waals surface area (Å²) < 4.78 is 32.2. The molecule has 0 saturated carbocycles. The maximum absolute atomic E-state index is 13.0. The van der Waals surface area contributed by atoms with Gasteiger partial charge in [-0.15, -0.1) is 0 Å². The van der Waals surface area contributed by atoms with Gasteiger partial charge in [-0.25, -0.2) is 8.42 Å². The van der Waals surface area contributed by atoms with Crippen LogP contribution in [0.1, 0.15) is 31.9 Å². The number of sulfone groups is 1. The van der Waals surface area contributed by atoms with Gasteiger partial charge in [0.2, 0.25) is 0 Å². The molecule has 0 bridgehead atoms. The smallest absolute Gasteiger partial charge is 0.183 e. The number of ether oxygens (including phenoxy) is 1. The maximum Gasteiger partial charge on any atom is 0.183 e. The summed E-state index contributed by atoms with van der Waals surface area (Å²) in [7, 11) is -3.40. The Morgan fingerprint density at radius 3 is 2.09 bits per heavy atom. The fourth-order valence-electron chi connectivity index (χ4n) is 3.23. The van der Waals surface area contributed by atoms with E-state index in [-0.39, 0.29) is 18.1 Å². The molecule has 1 aliphatic rings. The van der Waals surface area contributed by atoms with E-state index in [9.17, 15) is 8.42 Å². The second kappa shape index (κ2) is 6.46. The van der Waals surface area contributed by atoms with Gasteiger partial charge in [-0.1, -0.05) is 62.4 Å². The van der Waals surface area contributed by atoms with E-state index >= 15 is 0 Å². The summed E-state index contributed by atoms with van der Waals surface area (Å²) in [6, 6.07) is 18.6. The van der Waals surface area contributed by atoms with Gasteiger partial charge in [0.1, 0.15) is 0 Å². The van der Waals surface area contributed by atoms with Gasteiger partial charge in [0.25, 0.3) is 0 Å². The van der Waals surface area contributed by atoms with Crippen LogP contribution < -0.4 is 0 Å². The predicted octanol–water partition coefficient (Wildman–Crippen LogP) is 4.02. The molecule has 0 radical (unpaired) electrons. The average molecular weight is 330 g/mol. The second-order valence-electron chi connectivity index (χ2n) is 6.38. The van der Waals surface area contributed by atoms with E-state index in [1.165, 1.54) is 0 Å². The Kier molecular flexibility index (Phi) is 4.55. The van der Waals surface area contributed by atoms with Crippen LogP contribution in [0.4, 0.5) is 0 Å². The molecule has 3 nitrogen and oxygen atoms in total. The summed E-state index contributed by atoms with van der Waals surface area (Å²) in [5, 5.41) is -0.505. The zero-order valence-corrected chi connectivity index (χ0v) is 14.2. The van der Waals surface area contributed by atoms with Crippen LogP contribution in [0.5, 0.6) is 0 Å². The van der Waals surface area contributed by atoms with E-state index in [2.05, 4.69) is 0 Å². The molecule has 122 valence electrons. The van der Waals surface area contributed by atoms with Crippen molar-refractivity contribution in [3.8, 4) is 0 Å². The quantitative estimate of drug-likeness (QED) is 0.850. The molecule has 3 atom stereocenters. The Labute approximate surface area is 138 Å². The van der Waals surface area contributed by atoms with Crippen LogP contribution in [-0.2, 0) is 14.6 Å². The van der Waals surface area contributed by atoms with Crippen molar-refractivity contribution in [3.05, 3.63) is 66.2 Å². The standard InChI is InChI=1S/C19H22O3S/c1-14(2)19-18(23(20,21)16-11-7-4-8-12-16)13-17(22-19)15-9-5-3-6-10-15/h3-12,14,17-19H,13H2,1-2H3/t17-,18+,19-/m1/s1. The third-order valence-electron chi connectivity index (χ3n) is 4.43. The molecule has 1 fully saturated rings. The average Bonchev–Trinajstić information content (AvgIpc) is 3.03. The summed E-state index contributed by atoms with van der Waals surface area (Å²) >= 11 is 0. The third kappa shape index (κ3) is 3.19. The molecule has 0 unspecified atom stereocenters. The van der Waals surface area contributed by atoms with Crippen molar-refractivity contribution in [2.75, 3.05) is 0 Å². The highest BCUT2D eigenvalue weighted by Crippen LogP contribution is 2.41. The molecule has 1 heterocycles. The molecule has 0 N–H and O–H groups in total. The Morgan fingerprint density at radius 1 is 0.957 bits per heavy atom. The molecule has 1 saturated heterocycles. The van der Waals surface area contributed by atoms with Crippen LogP contribution >= 0.6 is 0 Å². The number of hydrogen-bond acceptors (Lipinski definition) is 3. The Balaban J connectivity index is 1.94.